The molecule has 0 radical (unpaired) electrons. The van der Waals surface area contributed by atoms with E-state index in [4.69, 9.17) is 0 Å². The number of aromatic nitrogens is 3. The summed E-state index contributed by atoms with van der Waals surface area (Å²) in [6.45, 7) is 7.72. The number of thiazole rings is 1. The Balaban J connectivity index is 1.91. The summed E-state index contributed by atoms with van der Waals surface area (Å²) in [4.78, 5) is 40.1. The van der Waals surface area contributed by atoms with Gasteiger partial charge in [0.15, 0.2) is 16.8 Å². The maximum absolute atomic E-state index is 12.5. The normalized spacial score (nSPS) is 15.7. The maximum Gasteiger partial charge on any atom is 0.265 e. The van der Waals surface area contributed by atoms with E-state index in [-0.39, 0.29) is 17.9 Å². The van der Waals surface area contributed by atoms with Crippen molar-refractivity contribution >= 4 is 45.6 Å². The van der Waals surface area contributed by atoms with Gasteiger partial charge in [0.05, 0.1) is 5.69 Å². The second-order valence-electron chi connectivity index (χ2n) is 7.42. The number of fused-ring (bicyclic) bond motifs is 1. The van der Waals surface area contributed by atoms with E-state index in [1.165, 1.54) is 16.2 Å². The fourth-order valence-corrected chi connectivity index (χ4v) is 3.90. The van der Waals surface area contributed by atoms with Crippen LogP contribution in [0, 0.1) is 19.8 Å². The number of nitrogens with one attached hydrogen (secondary N) is 3. The first-order chi connectivity index (χ1) is 13.2. The lowest BCUT2D eigenvalue weighted by molar-refractivity contribution is -0.117. The molecule has 150 valence electrons. The van der Waals surface area contributed by atoms with Crippen molar-refractivity contribution in [2.75, 3.05) is 30.0 Å². The number of carbonyl (C=O) groups is 2. The Morgan fingerprint density at radius 3 is 2.61 bits per heavy atom. The molecule has 3 heterocycles. The lowest BCUT2D eigenvalue weighted by atomic mass is 10.0. The van der Waals surface area contributed by atoms with Crippen LogP contribution in [-0.2, 0) is 4.79 Å². The number of hydrogen-bond donors (Lipinski definition) is 3. The predicted molar refractivity (Wildman–Crippen MR) is 110 cm³/mol. The van der Waals surface area contributed by atoms with Crippen molar-refractivity contribution in [3.63, 3.8) is 0 Å². The molecule has 2 amide bonds. The third kappa shape index (κ3) is 4.06. The summed E-state index contributed by atoms with van der Waals surface area (Å²) in [5.41, 5.74) is 1.13. The van der Waals surface area contributed by atoms with Gasteiger partial charge in [-0.15, -0.1) is 0 Å². The van der Waals surface area contributed by atoms with E-state index in [0.717, 1.165) is 0 Å². The molecule has 1 unspecified atom stereocenters. The molecule has 0 saturated carbocycles. The first kappa shape index (κ1) is 20.0. The Bertz CT molecular complexity index is 923. The quantitative estimate of drug-likeness (QED) is 0.704. The summed E-state index contributed by atoms with van der Waals surface area (Å²) in [5.74, 6) is 1.75. The van der Waals surface area contributed by atoms with Gasteiger partial charge in [-0.25, -0.2) is 15.0 Å². The molecule has 10 heteroatoms. The van der Waals surface area contributed by atoms with Crippen molar-refractivity contribution in [3.05, 3.63) is 16.4 Å². The largest absolute Gasteiger partial charge is 0.356 e. The van der Waals surface area contributed by atoms with Gasteiger partial charge in [0.1, 0.15) is 22.4 Å². The Hall–Kier alpha value is -2.75. The third-order valence-electron chi connectivity index (χ3n) is 4.23. The van der Waals surface area contributed by atoms with Crippen LogP contribution in [0.5, 0.6) is 0 Å². The average Bonchev–Trinajstić information content (AvgIpc) is 2.95. The minimum absolute atomic E-state index is 0.101. The zero-order chi connectivity index (χ0) is 20.6. The molecule has 28 heavy (non-hydrogen) atoms. The lowest BCUT2D eigenvalue weighted by Crippen LogP contribution is -2.40. The standard InChI is InChI=1S/C18H25N7O2S/c1-8(2)7-11-16(26)23-12-14(22-11)20-10(4)21-15(12)24-18-19-9(3)13(28-18)17(27)25(5)6/h8,11H,7H2,1-6H3,(H,23,26)(H2,19,20,21,22,24). The van der Waals surface area contributed by atoms with Crippen LogP contribution in [0.25, 0.3) is 0 Å². The van der Waals surface area contributed by atoms with Crippen LogP contribution in [0.2, 0.25) is 0 Å². The number of rotatable bonds is 5. The van der Waals surface area contributed by atoms with Crippen LogP contribution in [0.3, 0.4) is 0 Å². The highest BCUT2D eigenvalue weighted by Crippen LogP contribution is 2.35. The van der Waals surface area contributed by atoms with E-state index in [0.29, 0.717) is 51.2 Å². The minimum Gasteiger partial charge on any atom is -0.356 e. The number of amides is 2. The molecule has 3 N–H and O–H groups in total. The summed E-state index contributed by atoms with van der Waals surface area (Å²) >= 11 is 1.25. The van der Waals surface area contributed by atoms with Gasteiger partial charge in [0, 0.05) is 14.1 Å². The molecule has 9 nitrogen and oxygen atoms in total. The number of nitrogens with zero attached hydrogens (tertiary/aromatic N) is 4. The van der Waals surface area contributed by atoms with Crippen LogP contribution in [0.1, 0.15) is 41.5 Å². The highest BCUT2D eigenvalue weighted by atomic mass is 32.1. The lowest BCUT2D eigenvalue weighted by Gasteiger charge is -2.28. The molecular formula is C18H25N7O2S. The second-order valence-corrected chi connectivity index (χ2v) is 8.42. The highest BCUT2D eigenvalue weighted by Gasteiger charge is 2.30. The van der Waals surface area contributed by atoms with E-state index >= 15 is 0 Å². The van der Waals surface area contributed by atoms with Crippen molar-refractivity contribution in [2.24, 2.45) is 5.92 Å². The Morgan fingerprint density at radius 2 is 1.96 bits per heavy atom. The van der Waals surface area contributed by atoms with Gasteiger partial charge in [-0.2, -0.15) is 0 Å². The van der Waals surface area contributed by atoms with E-state index in [1.54, 1.807) is 27.9 Å². The van der Waals surface area contributed by atoms with Crippen molar-refractivity contribution in [1.29, 1.82) is 0 Å². The average molecular weight is 404 g/mol. The molecule has 1 aliphatic heterocycles. The molecule has 3 rings (SSSR count). The Labute approximate surface area is 168 Å². The summed E-state index contributed by atoms with van der Waals surface area (Å²) < 4.78 is 0. The molecule has 0 aromatic carbocycles. The maximum atomic E-state index is 12.5. The SMILES string of the molecule is Cc1nc(Nc2nc(C)c(C(=O)N(C)C)s2)c2c(n1)NC(CC(C)C)C(=O)N2. The van der Waals surface area contributed by atoms with Crippen LogP contribution in [-0.4, -0.2) is 51.8 Å². The number of anilines is 4. The summed E-state index contributed by atoms with van der Waals surface area (Å²) in [7, 11) is 3.40. The predicted octanol–water partition coefficient (Wildman–Crippen LogP) is 2.77. The van der Waals surface area contributed by atoms with Crippen LogP contribution in [0.4, 0.5) is 22.5 Å². The van der Waals surface area contributed by atoms with Crippen molar-refractivity contribution in [2.45, 2.75) is 40.2 Å². The van der Waals surface area contributed by atoms with Gasteiger partial charge in [0.2, 0.25) is 5.91 Å². The number of aryl methyl sites for hydroxylation is 2. The number of carbonyl (C=O) groups excluding carboxylic acids is 2. The smallest absolute Gasteiger partial charge is 0.265 e. The van der Waals surface area contributed by atoms with E-state index in [1.807, 2.05) is 0 Å². The van der Waals surface area contributed by atoms with Gasteiger partial charge in [-0.3, -0.25) is 9.59 Å². The molecule has 0 aliphatic carbocycles. The summed E-state index contributed by atoms with van der Waals surface area (Å²) in [5, 5.41) is 9.78. The minimum atomic E-state index is -0.332. The monoisotopic (exact) mass is 403 g/mol. The molecule has 1 atom stereocenters. The summed E-state index contributed by atoms with van der Waals surface area (Å²) in [6, 6.07) is -0.332. The van der Waals surface area contributed by atoms with Gasteiger partial charge >= 0.3 is 0 Å². The van der Waals surface area contributed by atoms with E-state index < -0.39 is 0 Å². The molecule has 0 bridgehead atoms. The zero-order valence-corrected chi connectivity index (χ0v) is 17.7. The van der Waals surface area contributed by atoms with Gasteiger partial charge < -0.3 is 20.9 Å². The molecule has 0 spiro atoms. The second kappa shape index (κ2) is 7.70. The topological polar surface area (TPSA) is 112 Å². The molecule has 0 fully saturated rings. The van der Waals surface area contributed by atoms with E-state index in [2.05, 4.69) is 44.7 Å². The van der Waals surface area contributed by atoms with Gasteiger partial charge in [0.25, 0.3) is 5.91 Å². The van der Waals surface area contributed by atoms with Crippen LogP contribution < -0.4 is 16.0 Å². The molecule has 1 aliphatic rings. The molecule has 2 aromatic rings. The number of hydrogen-bond acceptors (Lipinski definition) is 8. The fourth-order valence-electron chi connectivity index (χ4n) is 2.92. The first-order valence-electron chi connectivity index (χ1n) is 9.07. The van der Waals surface area contributed by atoms with Gasteiger partial charge in [-0.05, 0) is 26.2 Å². The fraction of sp³-hybridized carbons (Fsp3) is 0.500. The first-order valence-corrected chi connectivity index (χ1v) is 9.89. The van der Waals surface area contributed by atoms with Crippen LogP contribution in [0.15, 0.2) is 0 Å². The van der Waals surface area contributed by atoms with Gasteiger partial charge in [-0.1, -0.05) is 25.2 Å². The van der Waals surface area contributed by atoms with Crippen LogP contribution >= 0.6 is 11.3 Å². The van der Waals surface area contributed by atoms with Crippen molar-refractivity contribution in [3.8, 4) is 0 Å². The van der Waals surface area contributed by atoms with Crippen molar-refractivity contribution < 1.29 is 9.59 Å². The zero-order valence-electron chi connectivity index (χ0n) is 16.9. The molecule has 0 saturated heterocycles. The third-order valence-corrected chi connectivity index (χ3v) is 5.29. The molecular weight excluding hydrogens is 378 g/mol. The molecule has 2 aromatic heterocycles. The van der Waals surface area contributed by atoms with E-state index in [9.17, 15) is 9.59 Å². The Morgan fingerprint density at radius 1 is 1.25 bits per heavy atom. The van der Waals surface area contributed by atoms with Crippen molar-refractivity contribution in [1.82, 2.24) is 19.9 Å². The summed E-state index contributed by atoms with van der Waals surface area (Å²) in [6.07, 6.45) is 0.707. The Kier molecular flexibility index (Phi) is 5.50. The highest BCUT2D eigenvalue weighted by molar-refractivity contribution is 7.17.